The molecule has 0 aliphatic carbocycles. The zero-order chi connectivity index (χ0) is 20.0. The molecule has 144 valence electrons. The van der Waals surface area contributed by atoms with Crippen LogP contribution < -0.4 is 9.46 Å². The van der Waals surface area contributed by atoms with E-state index in [1.165, 1.54) is 19.2 Å². The number of nitrogens with one attached hydrogen (secondary N) is 1. The van der Waals surface area contributed by atoms with Crippen LogP contribution in [-0.4, -0.2) is 40.4 Å². The fourth-order valence-electron chi connectivity index (χ4n) is 2.14. The lowest BCUT2D eigenvalue weighted by Crippen LogP contribution is -2.20. The largest absolute Gasteiger partial charge is 0.494 e. The number of carbonyl (C=O) groups excluding carboxylic acids is 2. The monoisotopic (exact) mass is 395 g/mol. The lowest BCUT2D eigenvalue weighted by atomic mass is 10.1. The Morgan fingerprint density at radius 3 is 2.37 bits per heavy atom. The zero-order valence-electron chi connectivity index (χ0n) is 14.7. The van der Waals surface area contributed by atoms with Crippen LogP contribution in [0.1, 0.15) is 27.6 Å². The molecule has 2 aromatic carbocycles. The second kappa shape index (κ2) is 8.74. The van der Waals surface area contributed by atoms with E-state index < -0.39 is 39.8 Å². The van der Waals surface area contributed by atoms with Gasteiger partial charge >= 0.3 is 5.97 Å². The van der Waals surface area contributed by atoms with Gasteiger partial charge in [0.05, 0.1) is 17.1 Å². The second-order valence-electron chi connectivity index (χ2n) is 5.31. The summed E-state index contributed by atoms with van der Waals surface area (Å²) >= 11 is 0. The Balaban J connectivity index is 2.09. The predicted octanol–water partition coefficient (Wildman–Crippen LogP) is 2.17. The molecule has 0 amide bonds. The Morgan fingerprint density at radius 2 is 1.78 bits per heavy atom. The minimum Gasteiger partial charge on any atom is -0.494 e. The smallest absolute Gasteiger partial charge is 0.341 e. The standard InChI is InChI=1S/C18H18FNO6S/c1-3-25-13-6-4-12(5-7-13)17(21)11-26-18(22)15-10-14(8-9-16(15)19)27(23,24)20-2/h4-10,20H,3,11H2,1-2H3. The Kier molecular flexibility index (Phi) is 6.65. The van der Waals surface area contributed by atoms with Crippen molar-refractivity contribution in [1.82, 2.24) is 4.72 Å². The first-order valence-electron chi connectivity index (χ1n) is 7.94. The minimum atomic E-state index is -3.86. The van der Waals surface area contributed by atoms with Gasteiger partial charge < -0.3 is 9.47 Å². The third-order valence-electron chi connectivity index (χ3n) is 3.56. The molecule has 0 aliphatic rings. The van der Waals surface area contributed by atoms with Gasteiger partial charge in [0.15, 0.2) is 12.4 Å². The third kappa shape index (κ3) is 5.11. The summed E-state index contributed by atoms with van der Waals surface area (Å²) in [5, 5.41) is 0. The van der Waals surface area contributed by atoms with Crippen molar-refractivity contribution < 1.29 is 31.9 Å². The van der Waals surface area contributed by atoms with Crippen molar-refractivity contribution in [3.8, 4) is 5.75 Å². The van der Waals surface area contributed by atoms with Gasteiger partial charge in [0.1, 0.15) is 11.6 Å². The van der Waals surface area contributed by atoms with Crippen LogP contribution in [0.5, 0.6) is 5.75 Å². The molecule has 0 saturated carbocycles. The molecule has 0 fully saturated rings. The van der Waals surface area contributed by atoms with Crippen molar-refractivity contribution in [2.75, 3.05) is 20.3 Å². The molecular formula is C18H18FNO6S. The molecule has 0 aromatic heterocycles. The van der Waals surface area contributed by atoms with Crippen molar-refractivity contribution in [2.24, 2.45) is 0 Å². The van der Waals surface area contributed by atoms with Gasteiger partial charge in [0.2, 0.25) is 10.0 Å². The number of sulfonamides is 1. The number of Topliss-reactive ketones (excluding diaryl/α,β-unsaturated/α-hetero) is 1. The number of hydrogen-bond acceptors (Lipinski definition) is 6. The van der Waals surface area contributed by atoms with Gasteiger partial charge in [-0.15, -0.1) is 0 Å². The molecule has 27 heavy (non-hydrogen) atoms. The van der Waals surface area contributed by atoms with E-state index in [0.717, 1.165) is 18.2 Å². The molecule has 0 radical (unpaired) electrons. The van der Waals surface area contributed by atoms with Gasteiger partial charge in [-0.05, 0) is 56.4 Å². The highest BCUT2D eigenvalue weighted by atomic mass is 32.2. The number of ether oxygens (including phenoxy) is 2. The van der Waals surface area contributed by atoms with Crippen molar-refractivity contribution in [3.63, 3.8) is 0 Å². The van der Waals surface area contributed by atoms with Gasteiger partial charge in [-0.2, -0.15) is 0 Å². The van der Waals surface area contributed by atoms with E-state index in [1.807, 2.05) is 6.92 Å². The van der Waals surface area contributed by atoms with Gasteiger partial charge in [0, 0.05) is 5.56 Å². The van der Waals surface area contributed by atoms with Crippen LogP contribution >= 0.6 is 0 Å². The maximum absolute atomic E-state index is 13.9. The summed E-state index contributed by atoms with van der Waals surface area (Å²) in [4.78, 5) is 23.9. The SMILES string of the molecule is CCOc1ccc(C(=O)COC(=O)c2cc(S(=O)(=O)NC)ccc2F)cc1. The summed E-state index contributed by atoms with van der Waals surface area (Å²) in [5.74, 6) is -2.00. The first-order chi connectivity index (χ1) is 12.8. The number of rotatable bonds is 8. The summed E-state index contributed by atoms with van der Waals surface area (Å²) in [6, 6.07) is 8.95. The van der Waals surface area contributed by atoms with E-state index in [-0.39, 0.29) is 4.90 Å². The summed E-state index contributed by atoms with van der Waals surface area (Å²) in [7, 11) is -2.67. The fourth-order valence-corrected chi connectivity index (χ4v) is 2.90. The van der Waals surface area contributed by atoms with Crippen molar-refractivity contribution in [2.45, 2.75) is 11.8 Å². The van der Waals surface area contributed by atoms with Crippen molar-refractivity contribution in [1.29, 1.82) is 0 Å². The molecule has 2 aromatic rings. The van der Waals surface area contributed by atoms with Gasteiger partial charge in [0.25, 0.3) is 0 Å². The second-order valence-corrected chi connectivity index (χ2v) is 7.19. The molecule has 0 unspecified atom stereocenters. The summed E-state index contributed by atoms with van der Waals surface area (Å²) in [6.45, 7) is 1.70. The number of benzene rings is 2. The van der Waals surface area contributed by atoms with E-state index in [4.69, 9.17) is 9.47 Å². The zero-order valence-corrected chi connectivity index (χ0v) is 15.5. The van der Waals surface area contributed by atoms with Gasteiger partial charge in [-0.25, -0.2) is 22.3 Å². The highest BCUT2D eigenvalue weighted by molar-refractivity contribution is 7.89. The molecule has 0 heterocycles. The van der Waals surface area contributed by atoms with E-state index in [2.05, 4.69) is 4.72 Å². The summed E-state index contributed by atoms with van der Waals surface area (Å²) < 4.78 is 49.5. The van der Waals surface area contributed by atoms with E-state index in [0.29, 0.717) is 17.9 Å². The molecule has 9 heteroatoms. The molecule has 0 spiro atoms. The van der Waals surface area contributed by atoms with Crippen LogP contribution in [0.25, 0.3) is 0 Å². The average molecular weight is 395 g/mol. The highest BCUT2D eigenvalue weighted by Crippen LogP contribution is 2.17. The Bertz CT molecular complexity index is 941. The predicted molar refractivity (Wildman–Crippen MR) is 94.9 cm³/mol. The van der Waals surface area contributed by atoms with E-state index in [1.54, 1.807) is 12.1 Å². The summed E-state index contributed by atoms with van der Waals surface area (Å²) in [5.41, 5.74) is -0.288. The molecule has 2 rings (SSSR count). The van der Waals surface area contributed by atoms with Gasteiger partial charge in [-0.3, -0.25) is 4.79 Å². The van der Waals surface area contributed by atoms with Crippen molar-refractivity contribution >= 4 is 21.8 Å². The highest BCUT2D eigenvalue weighted by Gasteiger charge is 2.20. The number of halogens is 1. The normalized spacial score (nSPS) is 11.1. The quantitative estimate of drug-likeness (QED) is 0.543. The van der Waals surface area contributed by atoms with Gasteiger partial charge in [-0.1, -0.05) is 0 Å². The molecule has 1 N–H and O–H groups in total. The first kappa shape index (κ1) is 20.5. The van der Waals surface area contributed by atoms with Crippen LogP contribution in [0.15, 0.2) is 47.4 Å². The average Bonchev–Trinajstić information content (AvgIpc) is 2.66. The number of ketones is 1. The molecule has 7 nitrogen and oxygen atoms in total. The molecular weight excluding hydrogens is 377 g/mol. The maximum atomic E-state index is 13.9. The Morgan fingerprint density at radius 1 is 1.11 bits per heavy atom. The molecule has 0 atom stereocenters. The fraction of sp³-hybridized carbons (Fsp3) is 0.222. The third-order valence-corrected chi connectivity index (χ3v) is 4.97. The van der Waals surface area contributed by atoms with Crippen LogP contribution in [0.2, 0.25) is 0 Å². The van der Waals surface area contributed by atoms with E-state index in [9.17, 15) is 22.4 Å². The lowest BCUT2D eigenvalue weighted by Gasteiger charge is -2.08. The first-order valence-corrected chi connectivity index (χ1v) is 9.43. The topological polar surface area (TPSA) is 98.8 Å². The van der Waals surface area contributed by atoms with E-state index >= 15 is 0 Å². The number of esters is 1. The lowest BCUT2D eigenvalue weighted by molar-refractivity contribution is 0.0470. The molecule has 0 aliphatic heterocycles. The maximum Gasteiger partial charge on any atom is 0.341 e. The summed E-state index contributed by atoms with van der Waals surface area (Å²) in [6.07, 6.45) is 0. The molecule has 0 bridgehead atoms. The Hall–Kier alpha value is -2.78. The van der Waals surface area contributed by atoms with Crippen LogP contribution in [0, 0.1) is 5.82 Å². The van der Waals surface area contributed by atoms with Crippen molar-refractivity contribution in [3.05, 3.63) is 59.4 Å². The minimum absolute atomic E-state index is 0.290. The van der Waals surface area contributed by atoms with Crippen LogP contribution in [0.4, 0.5) is 4.39 Å². The molecule has 0 saturated heterocycles. The van der Waals surface area contributed by atoms with Crippen LogP contribution in [-0.2, 0) is 14.8 Å². The number of hydrogen-bond donors (Lipinski definition) is 1. The number of carbonyl (C=O) groups is 2. The van der Waals surface area contributed by atoms with Crippen LogP contribution in [0.3, 0.4) is 0 Å². The Labute approximate surface area is 156 Å².